The van der Waals surface area contributed by atoms with Crippen molar-refractivity contribution >= 4 is 23.3 Å². The second-order valence-corrected chi connectivity index (χ2v) is 9.82. The molecule has 0 heteroatoms. The Bertz CT molecular complexity index is 1570. The summed E-state index contributed by atoms with van der Waals surface area (Å²) in [5.74, 6) is 0. The lowest BCUT2D eigenvalue weighted by molar-refractivity contribution is 1.52. The van der Waals surface area contributed by atoms with Gasteiger partial charge in [-0.1, -0.05) is 170 Å². The van der Waals surface area contributed by atoms with Crippen molar-refractivity contribution in [2.75, 3.05) is 0 Å². The van der Waals surface area contributed by atoms with Crippen molar-refractivity contribution in [2.45, 2.75) is 0 Å². The number of benzene rings is 6. The van der Waals surface area contributed by atoms with Gasteiger partial charge < -0.3 is 0 Å². The SMILES string of the molecule is C(=C(c1ccccc1)c1ccc(-c2ccc(C(=Cc3ccccc3)c3ccccc3)cc2)cc1)c1ccccc1. The number of hydrogen-bond donors (Lipinski definition) is 0. The molecule has 0 aliphatic carbocycles. The topological polar surface area (TPSA) is 0 Å². The average molecular weight is 511 g/mol. The summed E-state index contributed by atoms with van der Waals surface area (Å²) >= 11 is 0. The maximum absolute atomic E-state index is 2.27. The molecular weight excluding hydrogens is 480 g/mol. The molecular formula is C40H30. The van der Waals surface area contributed by atoms with E-state index in [0.29, 0.717) is 0 Å². The summed E-state index contributed by atoms with van der Waals surface area (Å²) in [5, 5.41) is 0. The van der Waals surface area contributed by atoms with E-state index in [2.05, 4.69) is 182 Å². The van der Waals surface area contributed by atoms with Gasteiger partial charge in [-0.25, -0.2) is 0 Å². The molecule has 0 radical (unpaired) electrons. The molecule has 0 bridgehead atoms. The lowest BCUT2D eigenvalue weighted by Gasteiger charge is -2.12. The van der Waals surface area contributed by atoms with Crippen LogP contribution in [0.5, 0.6) is 0 Å². The predicted octanol–water partition coefficient (Wildman–Crippen LogP) is 10.5. The lowest BCUT2D eigenvalue weighted by Crippen LogP contribution is -1.90. The summed E-state index contributed by atoms with van der Waals surface area (Å²) in [6.45, 7) is 0. The van der Waals surface area contributed by atoms with Crippen molar-refractivity contribution in [3.05, 3.63) is 203 Å². The highest BCUT2D eigenvalue weighted by Crippen LogP contribution is 2.31. The highest BCUT2D eigenvalue weighted by molar-refractivity contribution is 5.93. The first-order chi connectivity index (χ1) is 19.8. The fourth-order valence-electron chi connectivity index (χ4n) is 5.02. The van der Waals surface area contributed by atoms with Crippen LogP contribution in [0.3, 0.4) is 0 Å². The van der Waals surface area contributed by atoms with Gasteiger partial charge in [-0.05, 0) is 67.8 Å². The van der Waals surface area contributed by atoms with E-state index in [4.69, 9.17) is 0 Å². The molecule has 0 aromatic heterocycles. The van der Waals surface area contributed by atoms with Crippen molar-refractivity contribution in [1.29, 1.82) is 0 Å². The van der Waals surface area contributed by atoms with Gasteiger partial charge in [-0.3, -0.25) is 0 Å². The molecule has 190 valence electrons. The van der Waals surface area contributed by atoms with Gasteiger partial charge >= 0.3 is 0 Å². The van der Waals surface area contributed by atoms with Crippen LogP contribution in [0.1, 0.15) is 33.4 Å². The van der Waals surface area contributed by atoms with Crippen molar-refractivity contribution in [3.63, 3.8) is 0 Å². The summed E-state index contributed by atoms with van der Waals surface area (Å²) in [4.78, 5) is 0. The van der Waals surface area contributed by atoms with Crippen LogP contribution in [0.15, 0.2) is 170 Å². The zero-order valence-corrected chi connectivity index (χ0v) is 22.3. The fraction of sp³-hybridized carbons (Fsp3) is 0. The second-order valence-electron chi connectivity index (χ2n) is 9.82. The predicted molar refractivity (Wildman–Crippen MR) is 172 cm³/mol. The molecule has 0 amide bonds. The van der Waals surface area contributed by atoms with Gasteiger partial charge in [0.15, 0.2) is 0 Å². The molecule has 0 N–H and O–H groups in total. The maximum Gasteiger partial charge on any atom is -0.0105 e. The Balaban J connectivity index is 1.31. The van der Waals surface area contributed by atoms with Crippen molar-refractivity contribution in [2.24, 2.45) is 0 Å². The molecule has 0 saturated heterocycles. The minimum absolute atomic E-state index is 1.19. The van der Waals surface area contributed by atoms with E-state index in [1.807, 2.05) is 0 Å². The first-order valence-electron chi connectivity index (χ1n) is 13.7. The van der Waals surface area contributed by atoms with Gasteiger partial charge in [0.1, 0.15) is 0 Å². The molecule has 6 aromatic carbocycles. The van der Waals surface area contributed by atoms with E-state index in [1.54, 1.807) is 0 Å². The molecule has 0 aliphatic rings. The molecule has 6 aromatic rings. The summed E-state index contributed by atoms with van der Waals surface area (Å²) in [5.41, 5.74) is 12.0. The third kappa shape index (κ3) is 5.93. The standard InChI is InChI=1S/C40H30/c1-5-13-31(14-6-1)29-39(35-17-9-3-10-18-35)37-25-21-33(22-26-37)34-23-27-38(28-24-34)40(36-19-11-4-12-20-36)30-32-15-7-2-8-16-32/h1-30H. The van der Waals surface area contributed by atoms with E-state index in [-0.39, 0.29) is 0 Å². The van der Waals surface area contributed by atoms with Crippen LogP contribution in [-0.4, -0.2) is 0 Å². The van der Waals surface area contributed by atoms with E-state index in [1.165, 1.54) is 55.7 Å². The quantitative estimate of drug-likeness (QED) is 0.187. The third-order valence-electron chi connectivity index (χ3n) is 7.12. The summed E-state index contributed by atoms with van der Waals surface area (Å²) in [6, 6.07) is 60.1. The summed E-state index contributed by atoms with van der Waals surface area (Å²) in [6.07, 6.45) is 4.53. The molecule has 0 saturated carbocycles. The molecule has 40 heavy (non-hydrogen) atoms. The molecule has 0 unspecified atom stereocenters. The Morgan fingerprint density at radius 3 is 0.875 bits per heavy atom. The zero-order chi connectivity index (χ0) is 27.0. The van der Waals surface area contributed by atoms with Gasteiger partial charge in [0.25, 0.3) is 0 Å². The molecule has 0 atom stereocenters. The number of rotatable bonds is 7. The third-order valence-corrected chi connectivity index (χ3v) is 7.12. The Labute approximate surface area is 237 Å². The van der Waals surface area contributed by atoms with Crippen molar-refractivity contribution in [1.82, 2.24) is 0 Å². The first kappa shape index (κ1) is 25.1. The van der Waals surface area contributed by atoms with Crippen LogP contribution in [0, 0.1) is 0 Å². The van der Waals surface area contributed by atoms with E-state index >= 15 is 0 Å². The maximum atomic E-state index is 2.27. The highest BCUT2D eigenvalue weighted by Gasteiger charge is 2.09. The van der Waals surface area contributed by atoms with E-state index in [0.717, 1.165) is 0 Å². The van der Waals surface area contributed by atoms with Crippen molar-refractivity contribution < 1.29 is 0 Å². The Kier molecular flexibility index (Phi) is 7.60. The highest BCUT2D eigenvalue weighted by atomic mass is 14.1. The normalized spacial score (nSPS) is 11.8. The minimum atomic E-state index is 1.19. The molecule has 0 spiro atoms. The Morgan fingerprint density at radius 2 is 0.550 bits per heavy atom. The van der Waals surface area contributed by atoms with Gasteiger partial charge in [0.2, 0.25) is 0 Å². The van der Waals surface area contributed by atoms with Crippen molar-refractivity contribution in [3.8, 4) is 11.1 Å². The number of hydrogen-bond acceptors (Lipinski definition) is 0. The average Bonchev–Trinajstić information content (AvgIpc) is 3.05. The smallest absolute Gasteiger partial charge is 0.0105 e. The van der Waals surface area contributed by atoms with Crippen LogP contribution in [0.25, 0.3) is 34.4 Å². The first-order valence-corrected chi connectivity index (χ1v) is 13.7. The second kappa shape index (κ2) is 12.1. The van der Waals surface area contributed by atoms with Crippen LogP contribution >= 0.6 is 0 Å². The van der Waals surface area contributed by atoms with Gasteiger partial charge in [-0.2, -0.15) is 0 Å². The lowest BCUT2D eigenvalue weighted by atomic mass is 9.92. The van der Waals surface area contributed by atoms with Crippen LogP contribution < -0.4 is 0 Å². The van der Waals surface area contributed by atoms with Crippen LogP contribution in [-0.2, 0) is 0 Å². The molecule has 0 nitrogen and oxygen atoms in total. The van der Waals surface area contributed by atoms with Gasteiger partial charge in [0, 0.05) is 0 Å². The van der Waals surface area contributed by atoms with Gasteiger partial charge in [-0.15, -0.1) is 0 Å². The minimum Gasteiger partial charge on any atom is -0.0622 e. The fourth-order valence-corrected chi connectivity index (χ4v) is 5.02. The Hall–Kier alpha value is -5.20. The largest absolute Gasteiger partial charge is 0.0622 e. The zero-order valence-electron chi connectivity index (χ0n) is 22.3. The summed E-state index contributed by atoms with van der Waals surface area (Å²) < 4.78 is 0. The monoisotopic (exact) mass is 510 g/mol. The Morgan fingerprint density at radius 1 is 0.275 bits per heavy atom. The molecule has 0 aliphatic heterocycles. The van der Waals surface area contributed by atoms with E-state index < -0.39 is 0 Å². The van der Waals surface area contributed by atoms with Crippen LogP contribution in [0.2, 0.25) is 0 Å². The molecule has 0 fully saturated rings. The van der Waals surface area contributed by atoms with Crippen LogP contribution in [0.4, 0.5) is 0 Å². The molecule has 0 heterocycles. The molecule has 6 rings (SSSR count). The van der Waals surface area contributed by atoms with Gasteiger partial charge in [0.05, 0.1) is 0 Å². The van der Waals surface area contributed by atoms with E-state index in [9.17, 15) is 0 Å². The summed E-state index contributed by atoms with van der Waals surface area (Å²) in [7, 11) is 0.